The summed E-state index contributed by atoms with van der Waals surface area (Å²) in [6.45, 7) is 0. The van der Waals surface area contributed by atoms with Gasteiger partial charge in [-0.15, -0.1) is 0 Å². The van der Waals surface area contributed by atoms with Crippen molar-refractivity contribution >= 4 is 29.6 Å². The van der Waals surface area contributed by atoms with E-state index in [0.717, 1.165) is 0 Å². The average molecular weight is 148 g/mol. The van der Waals surface area contributed by atoms with Gasteiger partial charge in [0, 0.05) is 5.56 Å². The Morgan fingerprint density at radius 3 is 1.80 bits per heavy atom. The summed E-state index contributed by atoms with van der Waals surface area (Å²) in [7, 11) is 0. The van der Waals surface area contributed by atoms with E-state index in [1.165, 1.54) is 0 Å². The third-order valence-corrected chi connectivity index (χ3v) is 1.10. The first-order chi connectivity index (χ1) is 4.30. The zero-order chi connectivity index (χ0) is 6.69. The van der Waals surface area contributed by atoms with E-state index in [9.17, 15) is 0 Å². The Labute approximate surface area is 81.8 Å². The molecule has 0 unspecified atom stereocenters. The van der Waals surface area contributed by atoms with Gasteiger partial charge >= 0.3 is 29.6 Å². The number of benzene rings is 1. The molecule has 0 saturated heterocycles. The van der Waals surface area contributed by atoms with Crippen LogP contribution in [0, 0.1) is 0 Å². The molecule has 50 valence electrons. The van der Waals surface area contributed by atoms with Crippen molar-refractivity contribution in [1.29, 1.82) is 0 Å². The van der Waals surface area contributed by atoms with Crippen molar-refractivity contribution in [3.8, 4) is 0 Å². The summed E-state index contributed by atoms with van der Waals surface area (Å²) in [5, 5.41) is 17.2. The molecule has 0 aliphatic heterocycles. The summed E-state index contributed by atoms with van der Waals surface area (Å²) < 4.78 is 0. The molecule has 0 fully saturated rings. The molecule has 0 aliphatic rings. The number of aliphatic hydroxyl groups excluding tert-OH is 1. The second-order valence-corrected chi connectivity index (χ2v) is 1.78. The van der Waals surface area contributed by atoms with Crippen LogP contribution in [0.5, 0.6) is 0 Å². The van der Waals surface area contributed by atoms with E-state index >= 15 is 0 Å². The van der Waals surface area contributed by atoms with Crippen LogP contribution in [0.1, 0.15) is 11.9 Å². The quantitative estimate of drug-likeness (QED) is 0.435. The minimum atomic E-state index is -1.34. The molecule has 0 spiro atoms. The van der Waals surface area contributed by atoms with Crippen molar-refractivity contribution in [2.24, 2.45) is 0 Å². The van der Waals surface area contributed by atoms with Gasteiger partial charge < -0.3 is 10.2 Å². The predicted molar refractivity (Wildman–Crippen MR) is 40.8 cm³/mol. The van der Waals surface area contributed by atoms with Crippen LogP contribution in [0.15, 0.2) is 30.3 Å². The van der Waals surface area contributed by atoms with Crippen LogP contribution in [0.2, 0.25) is 0 Å². The molecule has 1 aromatic rings. The fraction of sp³-hybridized carbons (Fsp3) is 0.143. The molecule has 0 saturated carbocycles. The van der Waals surface area contributed by atoms with E-state index in [1.807, 2.05) is 6.07 Å². The van der Waals surface area contributed by atoms with Crippen LogP contribution in [0.3, 0.4) is 0 Å². The van der Waals surface area contributed by atoms with Gasteiger partial charge in [0.15, 0.2) is 6.29 Å². The minimum absolute atomic E-state index is 0. The van der Waals surface area contributed by atoms with Crippen LogP contribution in [-0.2, 0) is 0 Å². The molecule has 0 aromatic heterocycles. The molecule has 0 bridgehead atoms. The fourth-order valence-corrected chi connectivity index (χ4v) is 0.625. The molecule has 0 heterocycles. The van der Waals surface area contributed by atoms with E-state index < -0.39 is 6.29 Å². The first-order valence-corrected chi connectivity index (χ1v) is 2.72. The fourth-order valence-electron chi connectivity index (χ4n) is 0.625. The first kappa shape index (κ1) is 10.1. The van der Waals surface area contributed by atoms with Gasteiger partial charge in [0.2, 0.25) is 0 Å². The molecule has 2 nitrogen and oxygen atoms in total. The van der Waals surface area contributed by atoms with Crippen LogP contribution in [0.25, 0.3) is 0 Å². The first-order valence-electron chi connectivity index (χ1n) is 2.72. The van der Waals surface area contributed by atoms with Gasteiger partial charge in [-0.1, -0.05) is 30.3 Å². The van der Waals surface area contributed by atoms with Crippen molar-refractivity contribution in [1.82, 2.24) is 0 Å². The Hall–Kier alpha value is 0.140. The van der Waals surface area contributed by atoms with E-state index in [0.29, 0.717) is 5.56 Å². The second kappa shape index (κ2) is 4.88. The van der Waals surface area contributed by atoms with Gasteiger partial charge in [0.05, 0.1) is 0 Å². The van der Waals surface area contributed by atoms with Gasteiger partial charge in [-0.3, -0.25) is 0 Å². The van der Waals surface area contributed by atoms with Crippen molar-refractivity contribution in [2.75, 3.05) is 0 Å². The molecule has 3 heteroatoms. The van der Waals surface area contributed by atoms with Crippen LogP contribution >= 0.6 is 0 Å². The van der Waals surface area contributed by atoms with Gasteiger partial charge in [0.1, 0.15) is 0 Å². The summed E-state index contributed by atoms with van der Waals surface area (Å²) in [5.41, 5.74) is 0.525. The molecular weight excluding hydrogens is 139 g/mol. The summed E-state index contributed by atoms with van der Waals surface area (Å²) in [6.07, 6.45) is -1.34. The molecule has 10 heavy (non-hydrogen) atoms. The third-order valence-electron chi connectivity index (χ3n) is 1.10. The van der Waals surface area contributed by atoms with E-state index in [4.69, 9.17) is 10.2 Å². The summed E-state index contributed by atoms with van der Waals surface area (Å²) in [4.78, 5) is 0. The molecule has 0 atom stereocenters. The van der Waals surface area contributed by atoms with Gasteiger partial charge in [0.25, 0.3) is 0 Å². The van der Waals surface area contributed by atoms with Gasteiger partial charge in [-0.25, -0.2) is 0 Å². The topological polar surface area (TPSA) is 40.5 Å². The Morgan fingerprint density at radius 1 is 1.00 bits per heavy atom. The van der Waals surface area contributed by atoms with Crippen molar-refractivity contribution in [3.63, 3.8) is 0 Å². The van der Waals surface area contributed by atoms with Gasteiger partial charge in [-0.2, -0.15) is 0 Å². The standard InChI is InChI=1S/C7H8O2.Na.H/c8-7(9)6-4-2-1-3-5-6;;/h1-5,7-9H;;. The normalized spacial score (nSPS) is 9.10. The number of hydrogen-bond acceptors (Lipinski definition) is 2. The zero-order valence-corrected chi connectivity index (χ0v) is 4.86. The Balaban J connectivity index is 0.000000810. The van der Waals surface area contributed by atoms with Crippen molar-refractivity contribution in [3.05, 3.63) is 35.9 Å². The van der Waals surface area contributed by atoms with Crippen LogP contribution in [0.4, 0.5) is 0 Å². The Kier molecular flexibility index (Phi) is 4.95. The third kappa shape index (κ3) is 2.82. The van der Waals surface area contributed by atoms with Crippen molar-refractivity contribution < 1.29 is 10.2 Å². The maximum atomic E-state index is 8.58. The van der Waals surface area contributed by atoms with Gasteiger partial charge in [-0.05, 0) is 0 Å². The van der Waals surface area contributed by atoms with Crippen molar-refractivity contribution in [2.45, 2.75) is 6.29 Å². The SMILES string of the molecule is OC(O)c1ccccc1.[NaH]. The van der Waals surface area contributed by atoms with E-state index in [1.54, 1.807) is 24.3 Å². The molecule has 0 aliphatic carbocycles. The summed E-state index contributed by atoms with van der Waals surface area (Å²) in [5.74, 6) is 0. The monoisotopic (exact) mass is 148 g/mol. The summed E-state index contributed by atoms with van der Waals surface area (Å²) in [6, 6.07) is 8.66. The maximum absolute atomic E-state index is 8.58. The Morgan fingerprint density at radius 2 is 1.50 bits per heavy atom. The molecule has 2 N–H and O–H groups in total. The molecule has 1 rings (SSSR count). The van der Waals surface area contributed by atoms with E-state index in [2.05, 4.69) is 0 Å². The number of hydrogen-bond donors (Lipinski definition) is 2. The molecule has 1 aromatic carbocycles. The average Bonchev–Trinajstić information content (AvgIpc) is 1.90. The molecule has 0 amide bonds. The molecular formula is C7H9NaO2. The number of rotatable bonds is 1. The van der Waals surface area contributed by atoms with E-state index in [-0.39, 0.29) is 29.6 Å². The predicted octanol–water partition coefficient (Wildman–Crippen LogP) is 0.0213. The van der Waals surface area contributed by atoms with Crippen LogP contribution in [-0.4, -0.2) is 39.8 Å². The molecule has 0 radical (unpaired) electrons. The summed E-state index contributed by atoms with van der Waals surface area (Å²) >= 11 is 0. The van der Waals surface area contributed by atoms with Crippen LogP contribution < -0.4 is 0 Å². The zero-order valence-electron chi connectivity index (χ0n) is 4.86. The Bertz CT molecular complexity index is 174. The number of aliphatic hydroxyl groups is 2. The second-order valence-electron chi connectivity index (χ2n) is 1.78.